The van der Waals surface area contributed by atoms with E-state index in [9.17, 15) is 0 Å². The molecule has 3 rings (SSSR count). The molecule has 0 bridgehead atoms. The van der Waals surface area contributed by atoms with E-state index < -0.39 is 0 Å². The van der Waals surface area contributed by atoms with Gasteiger partial charge in [-0.3, -0.25) is 10.2 Å². The number of benzene rings is 1. The summed E-state index contributed by atoms with van der Waals surface area (Å²) in [5, 5.41) is 5.34. The molecule has 0 atom stereocenters. The molecular formula is C13H14N4S3. The topological polar surface area (TPSA) is 49.4 Å². The lowest BCUT2D eigenvalue weighted by Gasteiger charge is -2.03. The van der Waals surface area contributed by atoms with Crippen LogP contribution in [-0.2, 0) is 6.54 Å². The molecule has 1 aromatic carbocycles. The van der Waals surface area contributed by atoms with Gasteiger partial charge in [-0.1, -0.05) is 41.7 Å². The summed E-state index contributed by atoms with van der Waals surface area (Å²) in [6.07, 6.45) is 3.83. The van der Waals surface area contributed by atoms with Gasteiger partial charge in [0.2, 0.25) is 0 Å². The normalized spacial score (nSPS) is 9.85. The molecule has 0 aliphatic carbocycles. The highest BCUT2D eigenvalue weighted by molar-refractivity contribution is 7.75. The molecular weight excluding hydrogens is 308 g/mol. The fourth-order valence-electron chi connectivity index (χ4n) is 1.59. The lowest BCUT2D eigenvalue weighted by Crippen LogP contribution is -1.99. The first-order valence-corrected chi connectivity index (χ1v) is 7.58. The van der Waals surface area contributed by atoms with E-state index in [0.29, 0.717) is 7.91 Å². The van der Waals surface area contributed by atoms with Crippen LogP contribution in [0.1, 0.15) is 11.4 Å². The van der Waals surface area contributed by atoms with Gasteiger partial charge in [-0.05, 0) is 36.9 Å². The fraction of sp³-hybridized carbons (Fsp3) is 0.154. The van der Waals surface area contributed by atoms with E-state index >= 15 is 0 Å². The summed E-state index contributed by atoms with van der Waals surface area (Å²) in [6.45, 7) is 2.93. The molecule has 3 aromatic rings. The van der Waals surface area contributed by atoms with Gasteiger partial charge in [0.15, 0.2) is 7.91 Å². The number of imidazole rings is 1. The van der Waals surface area contributed by atoms with Gasteiger partial charge in [-0.25, -0.2) is 4.98 Å². The van der Waals surface area contributed by atoms with Crippen molar-refractivity contribution in [1.29, 1.82) is 0 Å². The summed E-state index contributed by atoms with van der Waals surface area (Å²) >= 11 is 10.8. The maximum atomic E-state index is 4.70. The summed E-state index contributed by atoms with van der Waals surface area (Å²) in [6, 6.07) is 10.4. The second-order valence-electron chi connectivity index (χ2n) is 4.01. The Morgan fingerprint density at radius 1 is 1.15 bits per heavy atom. The van der Waals surface area contributed by atoms with Crippen molar-refractivity contribution < 1.29 is 0 Å². The molecule has 2 N–H and O–H groups in total. The Labute approximate surface area is 131 Å². The largest absolute Gasteiger partial charge is 0.331 e. The van der Waals surface area contributed by atoms with E-state index in [2.05, 4.69) is 44.0 Å². The van der Waals surface area contributed by atoms with Gasteiger partial charge in [-0.15, -0.1) is 0 Å². The van der Waals surface area contributed by atoms with E-state index in [1.165, 1.54) is 16.9 Å². The van der Waals surface area contributed by atoms with E-state index in [4.69, 9.17) is 24.4 Å². The Kier molecular flexibility index (Phi) is 5.40. The van der Waals surface area contributed by atoms with Gasteiger partial charge in [0, 0.05) is 18.9 Å². The average molecular weight is 322 g/mol. The molecule has 0 saturated heterocycles. The molecule has 0 amide bonds. The Morgan fingerprint density at radius 3 is 2.25 bits per heavy atom. The third-order valence-corrected chi connectivity index (χ3v) is 3.85. The van der Waals surface area contributed by atoms with E-state index in [0.717, 1.165) is 12.4 Å². The molecule has 0 aliphatic heterocycles. The van der Waals surface area contributed by atoms with Gasteiger partial charge in [0.1, 0.15) is 5.82 Å². The maximum Gasteiger partial charge on any atom is 0.175 e. The van der Waals surface area contributed by atoms with Crippen molar-refractivity contribution in [2.75, 3.05) is 0 Å². The molecule has 0 saturated carbocycles. The first kappa shape index (κ1) is 14.8. The van der Waals surface area contributed by atoms with Crippen LogP contribution in [0.4, 0.5) is 0 Å². The van der Waals surface area contributed by atoms with Crippen molar-refractivity contribution in [2.24, 2.45) is 0 Å². The van der Waals surface area contributed by atoms with Crippen LogP contribution in [0.15, 0.2) is 42.7 Å². The molecule has 0 fully saturated rings. The zero-order valence-electron chi connectivity index (χ0n) is 10.9. The molecule has 2 heterocycles. The summed E-state index contributed by atoms with van der Waals surface area (Å²) in [4.78, 5) is 4.18. The van der Waals surface area contributed by atoms with Crippen molar-refractivity contribution in [3.05, 3.63) is 62.0 Å². The van der Waals surface area contributed by atoms with Crippen molar-refractivity contribution >= 4 is 35.8 Å². The van der Waals surface area contributed by atoms with Gasteiger partial charge < -0.3 is 4.57 Å². The van der Waals surface area contributed by atoms with Crippen molar-refractivity contribution in [3.8, 4) is 0 Å². The molecule has 20 heavy (non-hydrogen) atoms. The monoisotopic (exact) mass is 322 g/mol. The van der Waals surface area contributed by atoms with Crippen LogP contribution in [0.3, 0.4) is 0 Å². The van der Waals surface area contributed by atoms with Crippen LogP contribution in [0.25, 0.3) is 0 Å². The number of nitrogens with zero attached hydrogens (tertiary/aromatic N) is 2. The molecule has 0 spiro atoms. The van der Waals surface area contributed by atoms with E-state index in [1.54, 1.807) is 0 Å². The number of hydrogen-bond donors (Lipinski definition) is 2. The second kappa shape index (κ2) is 7.28. The lowest BCUT2D eigenvalue weighted by atomic mass is 10.2. The van der Waals surface area contributed by atoms with Crippen LogP contribution in [0.5, 0.6) is 0 Å². The van der Waals surface area contributed by atoms with Gasteiger partial charge in [0.05, 0.1) is 0 Å². The van der Waals surface area contributed by atoms with E-state index in [-0.39, 0.29) is 0 Å². The Hall–Kier alpha value is -1.57. The molecule has 4 nitrogen and oxygen atoms in total. The van der Waals surface area contributed by atoms with Crippen LogP contribution < -0.4 is 0 Å². The number of aryl methyl sites for hydroxylation is 1. The number of aromatic nitrogens is 4. The molecule has 104 valence electrons. The van der Waals surface area contributed by atoms with Crippen LogP contribution >= 0.6 is 35.8 Å². The molecule has 0 radical (unpaired) electrons. The second-order valence-corrected chi connectivity index (χ2v) is 6.37. The number of aromatic amines is 2. The molecule has 2 aromatic heterocycles. The van der Waals surface area contributed by atoms with Gasteiger partial charge in [-0.2, -0.15) is 0 Å². The summed E-state index contributed by atoms with van der Waals surface area (Å²) in [7, 11) is 0. The fourth-order valence-corrected chi connectivity index (χ4v) is 2.72. The number of hydrogen-bond acceptors (Lipinski definition) is 4. The third-order valence-electron chi connectivity index (χ3n) is 2.57. The Balaban J connectivity index is 0.000000178. The minimum Gasteiger partial charge on any atom is -0.331 e. The quantitative estimate of drug-likeness (QED) is 0.698. The smallest absolute Gasteiger partial charge is 0.175 e. The van der Waals surface area contributed by atoms with Crippen LogP contribution in [0.2, 0.25) is 0 Å². The Bertz CT molecular complexity index is 727. The van der Waals surface area contributed by atoms with Crippen LogP contribution in [0, 0.1) is 14.8 Å². The minimum absolute atomic E-state index is 0.699. The first-order chi connectivity index (χ1) is 9.65. The summed E-state index contributed by atoms with van der Waals surface area (Å²) in [5.74, 6) is 1.06. The highest BCUT2D eigenvalue weighted by atomic mass is 32.2. The first-order valence-electron chi connectivity index (χ1n) is 5.94. The zero-order chi connectivity index (χ0) is 14.4. The van der Waals surface area contributed by atoms with Gasteiger partial charge in [0.25, 0.3) is 0 Å². The molecule has 7 heteroatoms. The van der Waals surface area contributed by atoms with Gasteiger partial charge >= 0.3 is 0 Å². The Morgan fingerprint density at radius 2 is 1.80 bits per heavy atom. The van der Waals surface area contributed by atoms with E-state index in [1.807, 2.05) is 25.4 Å². The maximum absolute atomic E-state index is 4.70. The highest BCUT2D eigenvalue weighted by Gasteiger charge is 1.96. The van der Waals surface area contributed by atoms with Crippen molar-refractivity contribution in [1.82, 2.24) is 19.7 Å². The minimum atomic E-state index is 0.699. The number of H-pyrrole nitrogens is 2. The summed E-state index contributed by atoms with van der Waals surface area (Å²) < 4.78 is 3.53. The molecule has 0 unspecified atom stereocenters. The SMILES string of the molecule is Cc1nccn1Cc1ccccc1.S=c1[nH][nH]c(=S)s1. The standard InChI is InChI=1S/C11H12N2.C2H2N2S3/c1-10-12-7-8-13(10)9-11-5-3-2-4-6-11;5-1-3-4-2(6)7-1/h2-8H,9H2,1H3;(H,3,5)(H,4,6). The number of nitrogens with one attached hydrogen (secondary N) is 2. The predicted molar refractivity (Wildman–Crippen MR) is 87.2 cm³/mol. The van der Waals surface area contributed by atoms with Crippen LogP contribution in [-0.4, -0.2) is 19.7 Å². The van der Waals surface area contributed by atoms with Crippen molar-refractivity contribution in [3.63, 3.8) is 0 Å². The average Bonchev–Trinajstić information content (AvgIpc) is 3.01. The number of rotatable bonds is 2. The summed E-state index contributed by atoms with van der Waals surface area (Å²) in [5.41, 5.74) is 1.31. The van der Waals surface area contributed by atoms with Crippen molar-refractivity contribution in [2.45, 2.75) is 13.5 Å². The lowest BCUT2D eigenvalue weighted by molar-refractivity contribution is 0.762. The zero-order valence-corrected chi connectivity index (χ0v) is 13.3. The molecule has 0 aliphatic rings. The highest BCUT2D eigenvalue weighted by Crippen LogP contribution is 2.03. The third kappa shape index (κ3) is 4.52. The predicted octanol–water partition coefficient (Wildman–Crippen LogP) is 4.10.